The molecule has 0 fully saturated rings. The third-order valence-electron chi connectivity index (χ3n) is 4.36. The number of anilines is 1. The van der Waals surface area contributed by atoms with Gasteiger partial charge in [0.05, 0.1) is 5.25 Å². The Labute approximate surface area is 167 Å². The summed E-state index contributed by atoms with van der Waals surface area (Å²) >= 11 is 1.38. The minimum atomic E-state index is -0.344. The predicted molar refractivity (Wildman–Crippen MR) is 108 cm³/mol. The summed E-state index contributed by atoms with van der Waals surface area (Å²) in [6.07, 6.45) is 0. The lowest BCUT2D eigenvalue weighted by atomic mass is 10.2. The summed E-state index contributed by atoms with van der Waals surface area (Å²) in [5.74, 6) is 2.01. The van der Waals surface area contributed by atoms with Gasteiger partial charge in [0, 0.05) is 23.9 Å². The Morgan fingerprint density at radius 1 is 1.18 bits per heavy atom. The molecule has 2 heterocycles. The zero-order chi connectivity index (χ0) is 19.5. The van der Waals surface area contributed by atoms with Crippen molar-refractivity contribution in [3.63, 3.8) is 0 Å². The average molecular weight is 396 g/mol. The Kier molecular flexibility index (Phi) is 5.21. The van der Waals surface area contributed by atoms with Crippen molar-refractivity contribution in [3.05, 3.63) is 48.5 Å². The molecule has 8 heteroatoms. The summed E-state index contributed by atoms with van der Waals surface area (Å²) in [6, 6.07) is 15.3. The van der Waals surface area contributed by atoms with Crippen LogP contribution in [-0.4, -0.2) is 32.7 Å². The van der Waals surface area contributed by atoms with Crippen molar-refractivity contribution in [2.75, 3.05) is 12.1 Å². The van der Waals surface area contributed by atoms with Crippen LogP contribution in [0.3, 0.4) is 0 Å². The Morgan fingerprint density at radius 2 is 1.96 bits per heavy atom. The van der Waals surface area contributed by atoms with Gasteiger partial charge in [-0.25, -0.2) is 0 Å². The summed E-state index contributed by atoms with van der Waals surface area (Å²) in [7, 11) is 0. The third kappa shape index (κ3) is 3.68. The molecular weight excluding hydrogens is 376 g/mol. The van der Waals surface area contributed by atoms with E-state index in [-0.39, 0.29) is 18.0 Å². The van der Waals surface area contributed by atoms with Crippen molar-refractivity contribution in [2.45, 2.75) is 30.8 Å². The van der Waals surface area contributed by atoms with Crippen LogP contribution in [0.25, 0.3) is 11.4 Å². The maximum Gasteiger partial charge on any atom is 0.237 e. The van der Waals surface area contributed by atoms with Crippen molar-refractivity contribution < 1.29 is 14.3 Å². The molecule has 1 amide bonds. The van der Waals surface area contributed by atoms with Crippen molar-refractivity contribution in [2.24, 2.45) is 0 Å². The van der Waals surface area contributed by atoms with E-state index < -0.39 is 0 Å². The molecule has 144 valence electrons. The van der Waals surface area contributed by atoms with Crippen molar-refractivity contribution in [3.8, 4) is 22.9 Å². The molecule has 0 saturated heterocycles. The summed E-state index contributed by atoms with van der Waals surface area (Å²) < 4.78 is 12.7. The van der Waals surface area contributed by atoms with Crippen molar-refractivity contribution in [1.82, 2.24) is 14.8 Å². The fourth-order valence-corrected chi connectivity index (χ4v) is 3.80. The molecule has 1 aliphatic heterocycles. The highest BCUT2D eigenvalue weighted by Crippen LogP contribution is 2.34. The maximum absolute atomic E-state index is 12.6. The number of fused-ring (bicyclic) bond motifs is 1. The zero-order valence-corrected chi connectivity index (χ0v) is 16.4. The number of amides is 1. The third-order valence-corrected chi connectivity index (χ3v) is 5.44. The normalized spacial score (nSPS) is 13.4. The monoisotopic (exact) mass is 396 g/mol. The van der Waals surface area contributed by atoms with E-state index in [1.807, 2.05) is 48.7 Å². The van der Waals surface area contributed by atoms with Gasteiger partial charge in [0.15, 0.2) is 22.5 Å². The van der Waals surface area contributed by atoms with Crippen LogP contribution in [0.1, 0.15) is 13.8 Å². The van der Waals surface area contributed by atoms with Gasteiger partial charge >= 0.3 is 0 Å². The smallest absolute Gasteiger partial charge is 0.237 e. The number of hydrogen-bond donors (Lipinski definition) is 1. The molecule has 0 saturated carbocycles. The quantitative estimate of drug-likeness (QED) is 0.639. The lowest BCUT2D eigenvalue weighted by Gasteiger charge is -2.13. The molecule has 7 nitrogen and oxygen atoms in total. The number of thioether (sulfide) groups is 1. The Hall–Kier alpha value is -3.00. The van der Waals surface area contributed by atoms with Gasteiger partial charge < -0.3 is 19.4 Å². The second-order valence-electron chi connectivity index (χ2n) is 6.23. The first-order valence-corrected chi connectivity index (χ1v) is 9.89. The number of rotatable bonds is 6. The van der Waals surface area contributed by atoms with Crippen LogP contribution in [0.2, 0.25) is 0 Å². The number of benzene rings is 2. The standard InChI is InChI=1S/C20H20N4O3S/c1-3-24-18(14-7-5-4-6-8-14)22-23-20(24)28-13(2)19(25)21-15-9-10-16-17(11-15)27-12-26-16/h4-11,13H,3,12H2,1-2H3,(H,21,25)/t13-/m1/s1. The van der Waals surface area contributed by atoms with E-state index >= 15 is 0 Å². The van der Waals surface area contributed by atoms with Crippen molar-refractivity contribution >= 4 is 23.4 Å². The highest BCUT2D eigenvalue weighted by Gasteiger charge is 2.21. The molecule has 1 N–H and O–H groups in total. The molecule has 28 heavy (non-hydrogen) atoms. The van der Waals surface area contributed by atoms with Gasteiger partial charge in [-0.3, -0.25) is 4.79 Å². The topological polar surface area (TPSA) is 78.3 Å². The Bertz CT molecular complexity index is 990. The van der Waals surface area contributed by atoms with Crippen molar-refractivity contribution in [1.29, 1.82) is 0 Å². The minimum absolute atomic E-state index is 0.115. The fourth-order valence-electron chi connectivity index (χ4n) is 2.89. The number of carbonyl (C=O) groups excluding carboxylic acids is 1. The molecule has 0 spiro atoms. The van der Waals surface area contributed by atoms with Crippen LogP contribution in [0.4, 0.5) is 5.69 Å². The van der Waals surface area contributed by atoms with E-state index in [1.54, 1.807) is 18.2 Å². The predicted octanol–water partition coefficient (Wildman–Crippen LogP) is 3.81. The van der Waals surface area contributed by atoms with Gasteiger partial charge in [0.25, 0.3) is 0 Å². The number of nitrogens with one attached hydrogen (secondary N) is 1. The van der Waals surface area contributed by atoms with E-state index in [2.05, 4.69) is 15.5 Å². The summed E-state index contributed by atoms with van der Waals surface area (Å²) in [5.41, 5.74) is 1.67. The molecule has 1 aromatic heterocycles. The number of carbonyl (C=O) groups is 1. The Morgan fingerprint density at radius 3 is 2.75 bits per heavy atom. The van der Waals surface area contributed by atoms with Crippen LogP contribution in [0.15, 0.2) is 53.7 Å². The van der Waals surface area contributed by atoms with Gasteiger partial charge in [-0.15, -0.1) is 10.2 Å². The molecule has 1 atom stereocenters. The molecular formula is C20H20N4O3S. The first-order chi connectivity index (χ1) is 13.7. The maximum atomic E-state index is 12.6. The lowest BCUT2D eigenvalue weighted by molar-refractivity contribution is -0.115. The average Bonchev–Trinajstić information content (AvgIpc) is 3.34. The molecule has 0 unspecified atom stereocenters. The van der Waals surface area contributed by atoms with Crippen LogP contribution < -0.4 is 14.8 Å². The largest absolute Gasteiger partial charge is 0.454 e. The number of aromatic nitrogens is 3. The first kappa shape index (κ1) is 18.4. The minimum Gasteiger partial charge on any atom is -0.454 e. The van der Waals surface area contributed by atoms with Crippen LogP contribution in [0.5, 0.6) is 11.5 Å². The SMILES string of the molecule is CCn1c(S[C@H](C)C(=O)Nc2ccc3c(c2)OCO3)nnc1-c1ccccc1. The van der Waals surface area contributed by atoms with E-state index in [1.165, 1.54) is 11.8 Å². The number of hydrogen-bond acceptors (Lipinski definition) is 6. The molecule has 0 bridgehead atoms. The molecule has 4 rings (SSSR count). The van der Waals surface area contributed by atoms with Gasteiger partial charge in [0.2, 0.25) is 12.7 Å². The zero-order valence-electron chi connectivity index (χ0n) is 15.6. The lowest BCUT2D eigenvalue weighted by Crippen LogP contribution is -2.22. The van der Waals surface area contributed by atoms with Gasteiger partial charge in [0.1, 0.15) is 0 Å². The summed E-state index contributed by atoms with van der Waals surface area (Å²) in [5, 5.41) is 11.9. The molecule has 0 aliphatic carbocycles. The van der Waals surface area contributed by atoms with Crippen LogP contribution >= 0.6 is 11.8 Å². The molecule has 1 aliphatic rings. The van der Waals surface area contributed by atoms with Crippen LogP contribution in [-0.2, 0) is 11.3 Å². The van der Waals surface area contributed by atoms with Gasteiger partial charge in [-0.05, 0) is 26.0 Å². The second-order valence-corrected chi connectivity index (χ2v) is 7.54. The Balaban J connectivity index is 1.46. The summed E-state index contributed by atoms with van der Waals surface area (Å²) in [4.78, 5) is 12.6. The highest BCUT2D eigenvalue weighted by atomic mass is 32.2. The molecule has 2 aromatic carbocycles. The van der Waals surface area contributed by atoms with E-state index in [0.717, 1.165) is 23.1 Å². The van der Waals surface area contributed by atoms with Crippen LogP contribution in [0, 0.1) is 0 Å². The van der Waals surface area contributed by atoms with E-state index in [0.29, 0.717) is 17.2 Å². The molecule has 3 aromatic rings. The fraction of sp³-hybridized carbons (Fsp3) is 0.250. The highest BCUT2D eigenvalue weighted by molar-refractivity contribution is 8.00. The number of nitrogens with zero attached hydrogens (tertiary/aromatic N) is 3. The summed E-state index contributed by atoms with van der Waals surface area (Å²) in [6.45, 7) is 4.81. The second kappa shape index (κ2) is 7.93. The van der Waals surface area contributed by atoms with E-state index in [4.69, 9.17) is 9.47 Å². The van der Waals surface area contributed by atoms with E-state index in [9.17, 15) is 4.79 Å². The van der Waals surface area contributed by atoms with Gasteiger partial charge in [-0.2, -0.15) is 0 Å². The van der Waals surface area contributed by atoms with Gasteiger partial charge in [-0.1, -0.05) is 42.1 Å². The number of ether oxygens (including phenoxy) is 2. The first-order valence-electron chi connectivity index (χ1n) is 9.01. The molecule has 0 radical (unpaired) electrons.